The highest BCUT2D eigenvalue weighted by molar-refractivity contribution is 5.79. The van der Waals surface area contributed by atoms with Crippen molar-refractivity contribution in [3.05, 3.63) is 54.2 Å². The van der Waals surface area contributed by atoms with E-state index in [4.69, 9.17) is 9.15 Å². The second-order valence-corrected chi connectivity index (χ2v) is 5.31. The Bertz CT molecular complexity index is 629. The van der Waals surface area contributed by atoms with Crippen LogP contribution in [0.5, 0.6) is 5.75 Å². The molecule has 2 N–H and O–H groups in total. The smallest absolute Gasteiger partial charge is 0.191 e. The van der Waals surface area contributed by atoms with Crippen molar-refractivity contribution in [3.63, 3.8) is 0 Å². The second-order valence-electron chi connectivity index (χ2n) is 5.31. The summed E-state index contributed by atoms with van der Waals surface area (Å²) in [7, 11) is 1.72. The van der Waals surface area contributed by atoms with E-state index in [1.165, 1.54) is 12.1 Å². The van der Waals surface area contributed by atoms with Crippen molar-refractivity contribution in [2.75, 3.05) is 20.1 Å². The lowest BCUT2D eigenvalue weighted by molar-refractivity contribution is 0.199. The van der Waals surface area contributed by atoms with E-state index in [0.29, 0.717) is 24.8 Å². The predicted octanol–water partition coefficient (Wildman–Crippen LogP) is 2.98. The van der Waals surface area contributed by atoms with Crippen LogP contribution in [0.15, 0.2) is 52.1 Å². The first kappa shape index (κ1) is 17.8. The number of ether oxygens (including phenoxy) is 1. The number of hydrogen-bond acceptors (Lipinski definition) is 3. The fraction of sp³-hybridized carbons (Fsp3) is 0.389. The van der Waals surface area contributed by atoms with Crippen molar-refractivity contribution in [3.8, 4) is 5.75 Å². The molecule has 0 amide bonds. The maximum atomic E-state index is 13.2. The van der Waals surface area contributed by atoms with Gasteiger partial charge in [-0.05, 0) is 30.7 Å². The molecule has 5 nitrogen and oxygen atoms in total. The van der Waals surface area contributed by atoms with E-state index in [-0.39, 0.29) is 11.9 Å². The van der Waals surface area contributed by atoms with Crippen LogP contribution in [0.4, 0.5) is 4.39 Å². The molecule has 130 valence electrons. The van der Waals surface area contributed by atoms with Crippen LogP contribution in [0.3, 0.4) is 0 Å². The van der Waals surface area contributed by atoms with Crippen LogP contribution in [0, 0.1) is 5.82 Å². The Morgan fingerprint density at radius 1 is 1.29 bits per heavy atom. The Morgan fingerprint density at radius 2 is 2.17 bits per heavy atom. The molecule has 0 radical (unpaired) electrons. The molecule has 0 aliphatic carbocycles. The molecule has 0 aliphatic heterocycles. The minimum atomic E-state index is -0.300. The van der Waals surface area contributed by atoms with E-state index < -0.39 is 0 Å². The molecule has 0 saturated carbocycles. The molecule has 1 unspecified atom stereocenters. The number of halogens is 1. The highest BCUT2D eigenvalue weighted by Gasteiger charge is 2.10. The molecule has 24 heavy (non-hydrogen) atoms. The summed E-state index contributed by atoms with van der Waals surface area (Å²) in [6.45, 7) is 3.32. The summed E-state index contributed by atoms with van der Waals surface area (Å²) in [4.78, 5) is 4.18. The molecular weight excluding hydrogens is 309 g/mol. The van der Waals surface area contributed by atoms with Crippen LogP contribution in [0.1, 0.15) is 19.1 Å². The Labute approximate surface area is 141 Å². The van der Waals surface area contributed by atoms with Gasteiger partial charge in [-0.2, -0.15) is 0 Å². The molecule has 2 aromatic rings. The van der Waals surface area contributed by atoms with Gasteiger partial charge in [-0.3, -0.25) is 4.99 Å². The summed E-state index contributed by atoms with van der Waals surface area (Å²) >= 11 is 0. The van der Waals surface area contributed by atoms with Gasteiger partial charge >= 0.3 is 0 Å². The van der Waals surface area contributed by atoms with Crippen LogP contribution in [-0.2, 0) is 6.42 Å². The van der Waals surface area contributed by atoms with E-state index in [1.54, 1.807) is 25.4 Å². The van der Waals surface area contributed by atoms with Crippen molar-refractivity contribution in [1.82, 2.24) is 10.6 Å². The van der Waals surface area contributed by atoms with Crippen molar-refractivity contribution >= 4 is 5.96 Å². The first-order valence-electron chi connectivity index (χ1n) is 8.10. The Morgan fingerprint density at radius 3 is 2.83 bits per heavy atom. The number of guanidine groups is 1. The molecule has 0 spiro atoms. The van der Waals surface area contributed by atoms with E-state index in [0.717, 1.165) is 18.6 Å². The highest BCUT2D eigenvalue weighted by Crippen LogP contribution is 2.14. The normalized spacial score (nSPS) is 12.7. The topological polar surface area (TPSA) is 58.8 Å². The summed E-state index contributed by atoms with van der Waals surface area (Å²) in [6.07, 6.45) is 3.17. The molecule has 0 fully saturated rings. The van der Waals surface area contributed by atoms with Crippen LogP contribution in [0.2, 0.25) is 0 Å². The van der Waals surface area contributed by atoms with Gasteiger partial charge in [0, 0.05) is 26.1 Å². The lowest BCUT2D eigenvalue weighted by atomic mass is 10.2. The predicted molar refractivity (Wildman–Crippen MR) is 92.9 cm³/mol. The molecule has 6 heteroatoms. The number of nitrogens with zero attached hydrogens (tertiary/aromatic N) is 1. The van der Waals surface area contributed by atoms with E-state index in [9.17, 15) is 4.39 Å². The fourth-order valence-electron chi connectivity index (χ4n) is 2.19. The number of hydrogen-bond donors (Lipinski definition) is 2. The maximum Gasteiger partial charge on any atom is 0.191 e. The summed E-state index contributed by atoms with van der Waals surface area (Å²) < 4.78 is 24.3. The van der Waals surface area contributed by atoms with Crippen molar-refractivity contribution in [1.29, 1.82) is 0 Å². The first-order chi connectivity index (χ1) is 11.7. The van der Waals surface area contributed by atoms with Gasteiger partial charge in [0.25, 0.3) is 0 Å². The van der Waals surface area contributed by atoms with Gasteiger partial charge in [-0.15, -0.1) is 0 Å². The SMILES string of the molecule is CCC(CNC(=NC)NCCc1ccco1)Oc1cccc(F)c1. The largest absolute Gasteiger partial charge is 0.489 e. The van der Waals surface area contributed by atoms with E-state index in [1.807, 2.05) is 19.1 Å². The Hall–Kier alpha value is -2.50. The van der Waals surface area contributed by atoms with Crippen LogP contribution in [0.25, 0.3) is 0 Å². The zero-order chi connectivity index (χ0) is 17.2. The fourth-order valence-corrected chi connectivity index (χ4v) is 2.19. The van der Waals surface area contributed by atoms with Gasteiger partial charge in [-0.25, -0.2) is 4.39 Å². The zero-order valence-corrected chi connectivity index (χ0v) is 14.1. The van der Waals surface area contributed by atoms with Gasteiger partial charge in [0.05, 0.1) is 12.8 Å². The second kappa shape index (κ2) is 9.60. The number of furan rings is 1. The minimum Gasteiger partial charge on any atom is -0.489 e. The third-order valence-electron chi connectivity index (χ3n) is 3.52. The van der Waals surface area contributed by atoms with Crippen molar-refractivity contribution < 1.29 is 13.5 Å². The van der Waals surface area contributed by atoms with Gasteiger partial charge in [-0.1, -0.05) is 13.0 Å². The molecule has 0 saturated heterocycles. The molecule has 2 rings (SSSR count). The van der Waals surface area contributed by atoms with Crippen LogP contribution in [-0.4, -0.2) is 32.2 Å². The molecule has 0 bridgehead atoms. The van der Waals surface area contributed by atoms with Crippen LogP contribution >= 0.6 is 0 Å². The van der Waals surface area contributed by atoms with Gasteiger partial charge in [0.2, 0.25) is 0 Å². The molecule has 0 aliphatic rings. The lowest BCUT2D eigenvalue weighted by Gasteiger charge is -2.20. The van der Waals surface area contributed by atoms with E-state index in [2.05, 4.69) is 15.6 Å². The number of rotatable bonds is 8. The van der Waals surface area contributed by atoms with Gasteiger partial charge in [0.15, 0.2) is 5.96 Å². The number of benzene rings is 1. The van der Waals surface area contributed by atoms with E-state index >= 15 is 0 Å². The van der Waals surface area contributed by atoms with Crippen molar-refractivity contribution in [2.45, 2.75) is 25.9 Å². The lowest BCUT2D eigenvalue weighted by Crippen LogP contribution is -2.43. The Balaban J connectivity index is 1.75. The molecular formula is C18H24FN3O2. The molecule has 1 aromatic carbocycles. The standard InChI is InChI=1S/C18H24FN3O2/c1-3-15(24-17-7-4-6-14(19)12-17)13-22-18(20-2)21-10-9-16-8-5-11-23-16/h4-8,11-12,15H,3,9-10,13H2,1-2H3,(H2,20,21,22). The van der Waals surface area contributed by atoms with Gasteiger partial charge in [0.1, 0.15) is 23.4 Å². The number of aliphatic imine (C=N–C) groups is 1. The third-order valence-corrected chi connectivity index (χ3v) is 3.52. The summed E-state index contributed by atoms with van der Waals surface area (Å²) in [6, 6.07) is 9.99. The van der Waals surface area contributed by atoms with Crippen LogP contribution < -0.4 is 15.4 Å². The average molecular weight is 333 g/mol. The van der Waals surface area contributed by atoms with Gasteiger partial charge < -0.3 is 19.8 Å². The molecule has 1 heterocycles. The summed E-state index contributed by atoms with van der Waals surface area (Å²) in [5, 5.41) is 6.45. The minimum absolute atomic E-state index is 0.0737. The maximum absolute atomic E-state index is 13.2. The quantitative estimate of drug-likeness (QED) is 0.576. The monoisotopic (exact) mass is 333 g/mol. The first-order valence-corrected chi connectivity index (χ1v) is 8.10. The average Bonchev–Trinajstić information content (AvgIpc) is 3.10. The summed E-state index contributed by atoms with van der Waals surface area (Å²) in [5.41, 5.74) is 0. The summed E-state index contributed by atoms with van der Waals surface area (Å²) in [5.74, 6) is 1.86. The molecule has 1 aromatic heterocycles. The zero-order valence-electron chi connectivity index (χ0n) is 14.1. The highest BCUT2D eigenvalue weighted by atomic mass is 19.1. The third kappa shape index (κ3) is 5.95. The number of nitrogens with one attached hydrogen (secondary N) is 2. The Kier molecular flexibility index (Phi) is 7.14. The van der Waals surface area contributed by atoms with Crippen molar-refractivity contribution in [2.24, 2.45) is 4.99 Å². The molecule has 1 atom stereocenters.